The third kappa shape index (κ3) is 9.04. The molecule has 0 aromatic carbocycles. The second kappa shape index (κ2) is 11.3. The van der Waals surface area contributed by atoms with E-state index in [1.807, 2.05) is 6.92 Å². The molecule has 1 unspecified atom stereocenters. The Morgan fingerprint density at radius 2 is 1.79 bits per heavy atom. The zero-order valence-electron chi connectivity index (χ0n) is 13.3. The van der Waals surface area contributed by atoms with E-state index >= 15 is 0 Å². The van der Waals surface area contributed by atoms with E-state index in [-0.39, 0.29) is 5.92 Å². The maximum absolute atomic E-state index is 10.3. The lowest BCUT2D eigenvalue weighted by molar-refractivity contribution is -0.887. The predicted molar refractivity (Wildman–Crippen MR) is 78.0 cm³/mol. The molecule has 1 saturated carbocycles. The molecule has 1 rings (SSSR count). The van der Waals surface area contributed by atoms with Crippen molar-refractivity contribution in [3.8, 4) is 0 Å². The van der Waals surface area contributed by atoms with Crippen LogP contribution in [-0.2, 0) is 4.79 Å². The van der Waals surface area contributed by atoms with Crippen LogP contribution in [0.1, 0.15) is 71.6 Å². The van der Waals surface area contributed by atoms with E-state index in [9.17, 15) is 9.90 Å². The molecule has 19 heavy (non-hydrogen) atoms. The number of aliphatic carboxylic acids is 1. The summed E-state index contributed by atoms with van der Waals surface area (Å²) in [7, 11) is 4.55. The number of rotatable bonds is 6. The Kier molecular flexibility index (Phi) is 10.9. The van der Waals surface area contributed by atoms with Gasteiger partial charge < -0.3 is 14.8 Å². The van der Waals surface area contributed by atoms with E-state index in [1.165, 1.54) is 32.1 Å². The molecule has 0 radical (unpaired) electrons. The van der Waals surface area contributed by atoms with Crippen LogP contribution in [0, 0.1) is 5.92 Å². The molecule has 1 aliphatic rings. The summed E-state index contributed by atoms with van der Waals surface area (Å²) in [6.45, 7) is 3.94. The van der Waals surface area contributed by atoms with Crippen molar-refractivity contribution in [2.24, 2.45) is 5.92 Å². The molecule has 3 heteroatoms. The second-order valence-electron chi connectivity index (χ2n) is 5.98. The van der Waals surface area contributed by atoms with Gasteiger partial charge in [-0.15, -0.1) is 0 Å². The van der Waals surface area contributed by atoms with Crippen LogP contribution in [0.2, 0.25) is 0 Å². The topological polar surface area (TPSA) is 44.6 Å². The molecule has 0 spiro atoms. The Bertz CT molecular complexity index is 223. The third-order valence-corrected chi connectivity index (χ3v) is 4.15. The van der Waals surface area contributed by atoms with Gasteiger partial charge in [-0.2, -0.15) is 0 Å². The molecule has 1 fully saturated rings. The fourth-order valence-corrected chi connectivity index (χ4v) is 2.62. The smallest absolute Gasteiger partial charge is 0.0870 e. The fraction of sp³-hybridized carbons (Fsp3) is 0.938. The van der Waals surface area contributed by atoms with Crippen molar-refractivity contribution in [3.05, 3.63) is 0 Å². The minimum atomic E-state index is -0.893. The van der Waals surface area contributed by atoms with Crippen LogP contribution < -0.4 is 10.0 Å². The number of hydrogen-bond acceptors (Lipinski definition) is 2. The molecule has 0 aromatic rings. The van der Waals surface area contributed by atoms with E-state index in [0.717, 1.165) is 25.3 Å². The number of carboxylic acids is 1. The van der Waals surface area contributed by atoms with Crippen molar-refractivity contribution in [1.29, 1.82) is 0 Å². The maximum Gasteiger partial charge on any atom is 0.0870 e. The summed E-state index contributed by atoms with van der Waals surface area (Å²) >= 11 is 0. The van der Waals surface area contributed by atoms with Crippen molar-refractivity contribution in [2.45, 2.75) is 77.7 Å². The number of nitrogens with one attached hydrogen (secondary N) is 1. The molecule has 3 nitrogen and oxygen atoms in total. The zero-order chi connectivity index (χ0) is 14.7. The standard InChI is InChI=1S/C8H17N.C8H16O2/c1-9(2)8-6-4-3-5-7-8;1-3-5-6-7(4-2)8(9)10/h8H,3-7H2,1-2H3;7H,3-6H2,1-2H3,(H,9,10). The van der Waals surface area contributed by atoms with Crippen LogP contribution >= 0.6 is 0 Å². The SMILES string of the molecule is CCCCC(CC)C(=O)[O-].C[NH+](C)C1CCCCC1. The van der Waals surface area contributed by atoms with Crippen LogP contribution in [0.25, 0.3) is 0 Å². The van der Waals surface area contributed by atoms with Crippen LogP contribution in [0.4, 0.5) is 0 Å². The molecular formula is C16H33NO2. The molecule has 1 N–H and O–H groups in total. The lowest BCUT2D eigenvalue weighted by Gasteiger charge is -2.24. The van der Waals surface area contributed by atoms with Gasteiger partial charge in [0.15, 0.2) is 0 Å². The van der Waals surface area contributed by atoms with Gasteiger partial charge in [0.05, 0.1) is 20.1 Å². The van der Waals surface area contributed by atoms with Crippen molar-refractivity contribution in [3.63, 3.8) is 0 Å². The Labute approximate surface area is 119 Å². The van der Waals surface area contributed by atoms with Gasteiger partial charge in [0.25, 0.3) is 0 Å². The number of carbonyl (C=O) groups is 1. The minimum Gasteiger partial charge on any atom is -0.550 e. The van der Waals surface area contributed by atoms with Crippen molar-refractivity contribution in [2.75, 3.05) is 14.1 Å². The molecule has 0 bridgehead atoms. The number of carbonyl (C=O) groups excluding carboxylic acids is 1. The van der Waals surface area contributed by atoms with Gasteiger partial charge in [-0.1, -0.05) is 33.1 Å². The molecule has 1 aliphatic carbocycles. The van der Waals surface area contributed by atoms with E-state index in [0.29, 0.717) is 6.42 Å². The summed E-state index contributed by atoms with van der Waals surface area (Å²) < 4.78 is 0. The number of quaternary nitrogens is 1. The zero-order valence-corrected chi connectivity index (χ0v) is 13.3. The summed E-state index contributed by atoms with van der Waals surface area (Å²) in [4.78, 5) is 12.0. The first-order valence-electron chi connectivity index (χ1n) is 8.03. The number of carboxylic acid groups (broad SMARTS) is 1. The molecule has 1 atom stereocenters. The van der Waals surface area contributed by atoms with E-state index < -0.39 is 5.97 Å². The average molecular weight is 271 g/mol. The highest BCUT2D eigenvalue weighted by Gasteiger charge is 2.17. The molecule has 114 valence electrons. The Morgan fingerprint density at radius 3 is 2.11 bits per heavy atom. The van der Waals surface area contributed by atoms with Gasteiger partial charge in [0.2, 0.25) is 0 Å². The van der Waals surface area contributed by atoms with E-state index in [4.69, 9.17) is 0 Å². The van der Waals surface area contributed by atoms with Crippen LogP contribution in [0.5, 0.6) is 0 Å². The highest BCUT2D eigenvalue weighted by molar-refractivity contribution is 5.67. The van der Waals surface area contributed by atoms with E-state index in [2.05, 4.69) is 21.0 Å². The van der Waals surface area contributed by atoms with Gasteiger partial charge in [0.1, 0.15) is 0 Å². The largest absolute Gasteiger partial charge is 0.550 e. The third-order valence-electron chi connectivity index (χ3n) is 4.15. The van der Waals surface area contributed by atoms with Gasteiger partial charge in [-0.05, 0) is 44.4 Å². The van der Waals surface area contributed by atoms with Crippen molar-refractivity contribution in [1.82, 2.24) is 0 Å². The van der Waals surface area contributed by atoms with Crippen molar-refractivity contribution >= 4 is 5.97 Å². The molecular weight excluding hydrogens is 238 g/mol. The molecule has 0 amide bonds. The Morgan fingerprint density at radius 1 is 1.21 bits per heavy atom. The lowest BCUT2D eigenvalue weighted by Crippen LogP contribution is -3.10. The monoisotopic (exact) mass is 271 g/mol. The number of hydrogen-bond donors (Lipinski definition) is 1. The summed E-state index contributed by atoms with van der Waals surface area (Å²) in [5.41, 5.74) is 0. The first-order valence-corrected chi connectivity index (χ1v) is 8.03. The van der Waals surface area contributed by atoms with Crippen LogP contribution in [-0.4, -0.2) is 26.1 Å². The number of unbranched alkanes of at least 4 members (excludes halogenated alkanes) is 1. The van der Waals surface area contributed by atoms with Gasteiger partial charge in [-0.25, -0.2) is 0 Å². The lowest BCUT2D eigenvalue weighted by atomic mass is 9.95. The first kappa shape index (κ1) is 18.4. The van der Waals surface area contributed by atoms with E-state index in [1.54, 1.807) is 4.90 Å². The summed E-state index contributed by atoms with van der Waals surface area (Å²) in [5, 5.41) is 10.3. The van der Waals surface area contributed by atoms with Crippen LogP contribution in [0.15, 0.2) is 0 Å². The highest BCUT2D eigenvalue weighted by atomic mass is 16.4. The Hall–Kier alpha value is -0.570. The maximum atomic E-state index is 10.3. The Balaban J connectivity index is 0.000000342. The highest BCUT2D eigenvalue weighted by Crippen LogP contribution is 2.14. The quantitative estimate of drug-likeness (QED) is 0.794. The normalized spacial score (nSPS) is 17.7. The molecule has 0 saturated heterocycles. The average Bonchev–Trinajstić information content (AvgIpc) is 2.41. The molecule has 0 aromatic heterocycles. The first-order chi connectivity index (χ1) is 9.02. The summed E-state index contributed by atoms with van der Waals surface area (Å²) in [6, 6.07) is 0.971. The summed E-state index contributed by atoms with van der Waals surface area (Å²) in [6.07, 6.45) is 10.9. The van der Waals surface area contributed by atoms with Crippen LogP contribution in [0.3, 0.4) is 0 Å². The van der Waals surface area contributed by atoms with Crippen molar-refractivity contribution < 1.29 is 14.8 Å². The predicted octanol–water partition coefficient (Wildman–Crippen LogP) is 1.42. The van der Waals surface area contributed by atoms with Gasteiger partial charge in [0, 0.05) is 5.97 Å². The summed E-state index contributed by atoms with van der Waals surface area (Å²) in [5.74, 6) is -1.11. The molecule has 0 heterocycles. The fourth-order valence-electron chi connectivity index (χ4n) is 2.62. The van der Waals surface area contributed by atoms with Gasteiger partial charge >= 0.3 is 0 Å². The van der Waals surface area contributed by atoms with Gasteiger partial charge in [-0.3, -0.25) is 0 Å². The minimum absolute atomic E-state index is 0.222. The molecule has 0 aliphatic heterocycles. The second-order valence-corrected chi connectivity index (χ2v) is 5.98.